The zero-order chi connectivity index (χ0) is 14.7. The fourth-order valence-corrected chi connectivity index (χ4v) is 3.68. The number of nitrogens with one attached hydrogen (secondary N) is 1. The third-order valence-corrected chi connectivity index (χ3v) is 4.81. The third kappa shape index (κ3) is 3.15. The highest BCUT2D eigenvalue weighted by Crippen LogP contribution is 2.35. The van der Waals surface area contributed by atoms with Crippen molar-refractivity contribution >= 4 is 0 Å². The van der Waals surface area contributed by atoms with Gasteiger partial charge in [0.15, 0.2) is 0 Å². The van der Waals surface area contributed by atoms with Crippen molar-refractivity contribution in [1.29, 1.82) is 0 Å². The van der Waals surface area contributed by atoms with E-state index in [1.165, 1.54) is 42.9 Å². The summed E-state index contributed by atoms with van der Waals surface area (Å²) in [5.74, 6) is 1.93. The van der Waals surface area contributed by atoms with Crippen LogP contribution in [0.4, 0.5) is 0 Å². The Morgan fingerprint density at radius 2 is 2.14 bits per heavy atom. The lowest BCUT2D eigenvalue weighted by Gasteiger charge is -2.22. The molecular weight excluding hydrogens is 266 g/mol. The van der Waals surface area contributed by atoms with E-state index < -0.39 is 0 Å². The van der Waals surface area contributed by atoms with Crippen LogP contribution in [-0.2, 0) is 29.0 Å². The fourth-order valence-electron chi connectivity index (χ4n) is 3.68. The van der Waals surface area contributed by atoms with Crippen molar-refractivity contribution in [2.75, 3.05) is 27.4 Å². The second kappa shape index (κ2) is 6.90. The summed E-state index contributed by atoms with van der Waals surface area (Å²) in [4.78, 5) is 4.98. The standard InChI is InChI=1S/C16H27N3O2/c1-20-11-13(21-2)10-19-15-7-8-17-9-14(15)18-16(19)12-5-3-4-6-12/h12-13,17H,3-11H2,1-2H3. The Hall–Kier alpha value is -0.910. The summed E-state index contributed by atoms with van der Waals surface area (Å²) >= 11 is 0. The van der Waals surface area contributed by atoms with Gasteiger partial charge in [-0.3, -0.25) is 0 Å². The smallest absolute Gasteiger partial charge is 0.112 e. The van der Waals surface area contributed by atoms with Gasteiger partial charge in [0, 0.05) is 45.3 Å². The van der Waals surface area contributed by atoms with Crippen LogP contribution in [0.1, 0.15) is 48.8 Å². The molecule has 1 N–H and O–H groups in total. The molecule has 1 unspecified atom stereocenters. The molecule has 0 amide bonds. The van der Waals surface area contributed by atoms with Gasteiger partial charge < -0.3 is 19.4 Å². The molecule has 1 fully saturated rings. The van der Waals surface area contributed by atoms with E-state index in [0.29, 0.717) is 12.5 Å². The summed E-state index contributed by atoms with van der Waals surface area (Å²) in [5, 5.41) is 3.43. The van der Waals surface area contributed by atoms with Gasteiger partial charge in [0.1, 0.15) is 5.82 Å². The number of methoxy groups -OCH3 is 2. The minimum atomic E-state index is 0.100. The van der Waals surface area contributed by atoms with Crippen LogP contribution in [0.3, 0.4) is 0 Å². The first-order valence-corrected chi connectivity index (χ1v) is 8.14. The van der Waals surface area contributed by atoms with Gasteiger partial charge in [-0.15, -0.1) is 0 Å². The molecule has 0 saturated heterocycles. The van der Waals surface area contributed by atoms with E-state index in [4.69, 9.17) is 14.5 Å². The van der Waals surface area contributed by atoms with Crippen molar-refractivity contribution in [3.63, 3.8) is 0 Å². The number of fused-ring (bicyclic) bond motifs is 1. The van der Waals surface area contributed by atoms with Gasteiger partial charge in [0.2, 0.25) is 0 Å². The molecule has 1 aromatic rings. The highest BCUT2D eigenvalue weighted by atomic mass is 16.5. The number of hydrogen-bond donors (Lipinski definition) is 1. The molecule has 1 aromatic heterocycles. The lowest BCUT2D eigenvalue weighted by Crippen LogP contribution is -2.29. The molecule has 1 atom stereocenters. The number of nitrogens with zero attached hydrogens (tertiary/aromatic N) is 2. The van der Waals surface area contributed by atoms with Crippen LogP contribution in [0.2, 0.25) is 0 Å². The van der Waals surface area contributed by atoms with Gasteiger partial charge >= 0.3 is 0 Å². The SMILES string of the molecule is COCC(Cn1c(C2CCCC2)nc2c1CCNC2)OC. The van der Waals surface area contributed by atoms with Gasteiger partial charge in [0.05, 0.1) is 24.9 Å². The van der Waals surface area contributed by atoms with E-state index in [1.54, 1.807) is 14.2 Å². The minimum Gasteiger partial charge on any atom is -0.382 e. The van der Waals surface area contributed by atoms with Crippen LogP contribution < -0.4 is 5.32 Å². The predicted molar refractivity (Wildman–Crippen MR) is 81.5 cm³/mol. The zero-order valence-electron chi connectivity index (χ0n) is 13.2. The maximum absolute atomic E-state index is 5.58. The largest absolute Gasteiger partial charge is 0.382 e. The van der Waals surface area contributed by atoms with E-state index in [0.717, 1.165) is 26.1 Å². The van der Waals surface area contributed by atoms with Crippen molar-refractivity contribution in [3.05, 3.63) is 17.2 Å². The Kier molecular flexibility index (Phi) is 4.93. The highest BCUT2D eigenvalue weighted by molar-refractivity contribution is 5.22. The van der Waals surface area contributed by atoms with Crippen molar-refractivity contribution in [2.24, 2.45) is 0 Å². The van der Waals surface area contributed by atoms with Crippen molar-refractivity contribution in [1.82, 2.24) is 14.9 Å². The summed E-state index contributed by atoms with van der Waals surface area (Å²) < 4.78 is 13.3. The van der Waals surface area contributed by atoms with Crippen molar-refractivity contribution in [2.45, 2.75) is 57.2 Å². The van der Waals surface area contributed by atoms with Gasteiger partial charge in [-0.25, -0.2) is 4.98 Å². The molecule has 0 bridgehead atoms. The molecular formula is C16H27N3O2. The van der Waals surface area contributed by atoms with Crippen LogP contribution in [0, 0.1) is 0 Å². The summed E-state index contributed by atoms with van der Waals surface area (Å²) in [6, 6.07) is 0. The fraction of sp³-hybridized carbons (Fsp3) is 0.812. The molecule has 0 radical (unpaired) electrons. The van der Waals surface area contributed by atoms with Gasteiger partial charge in [-0.2, -0.15) is 0 Å². The summed E-state index contributed by atoms with van der Waals surface area (Å²) in [6.45, 7) is 3.44. The van der Waals surface area contributed by atoms with Gasteiger partial charge in [-0.1, -0.05) is 12.8 Å². The van der Waals surface area contributed by atoms with E-state index in [9.17, 15) is 0 Å². The lowest BCUT2D eigenvalue weighted by molar-refractivity contribution is 0.0173. The maximum atomic E-state index is 5.58. The average Bonchev–Trinajstić information content (AvgIpc) is 3.14. The van der Waals surface area contributed by atoms with Crippen LogP contribution in [-0.4, -0.2) is 43.0 Å². The summed E-state index contributed by atoms with van der Waals surface area (Å²) in [5.41, 5.74) is 2.66. The van der Waals surface area contributed by atoms with E-state index >= 15 is 0 Å². The topological polar surface area (TPSA) is 48.3 Å². The Balaban J connectivity index is 1.89. The maximum Gasteiger partial charge on any atom is 0.112 e. The van der Waals surface area contributed by atoms with Crippen LogP contribution in [0.15, 0.2) is 0 Å². The van der Waals surface area contributed by atoms with Crippen molar-refractivity contribution < 1.29 is 9.47 Å². The van der Waals surface area contributed by atoms with E-state index in [-0.39, 0.29) is 6.10 Å². The molecule has 118 valence electrons. The number of aromatic nitrogens is 2. The molecule has 21 heavy (non-hydrogen) atoms. The molecule has 2 aliphatic rings. The summed E-state index contributed by atoms with van der Waals surface area (Å²) in [7, 11) is 3.50. The van der Waals surface area contributed by atoms with Crippen LogP contribution >= 0.6 is 0 Å². The zero-order valence-corrected chi connectivity index (χ0v) is 13.2. The Morgan fingerprint density at radius 3 is 2.86 bits per heavy atom. The Bertz CT molecular complexity index is 466. The molecule has 0 spiro atoms. The van der Waals surface area contributed by atoms with Gasteiger partial charge in [0.25, 0.3) is 0 Å². The quantitative estimate of drug-likeness (QED) is 0.869. The number of rotatable bonds is 6. The first-order chi connectivity index (χ1) is 10.3. The molecule has 2 heterocycles. The first kappa shape index (κ1) is 15.0. The van der Waals surface area contributed by atoms with Crippen molar-refractivity contribution in [3.8, 4) is 0 Å². The molecule has 1 aliphatic heterocycles. The second-order valence-corrected chi connectivity index (χ2v) is 6.20. The van der Waals surface area contributed by atoms with Crippen LogP contribution in [0.25, 0.3) is 0 Å². The lowest BCUT2D eigenvalue weighted by atomic mass is 10.1. The highest BCUT2D eigenvalue weighted by Gasteiger charge is 2.28. The average molecular weight is 293 g/mol. The first-order valence-electron chi connectivity index (χ1n) is 8.14. The Labute approximate surface area is 127 Å². The molecule has 3 rings (SSSR count). The van der Waals surface area contributed by atoms with Gasteiger partial charge in [-0.05, 0) is 12.8 Å². The molecule has 0 aromatic carbocycles. The molecule has 5 nitrogen and oxygen atoms in total. The number of imidazole rings is 1. The predicted octanol–water partition coefficient (Wildman–Crippen LogP) is 1.85. The number of ether oxygens (including phenoxy) is 2. The molecule has 5 heteroatoms. The number of hydrogen-bond acceptors (Lipinski definition) is 4. The monoisotopic (exact) mass is 293 g/mol. The summed E-state index contributed by atoms with van der Waals surface area (Å²) in [6.07, 6.45) is 6.41. The minimum absolute atomic E-state index is 0.100. The molecule has 1 saturated carbocycles. The van der Waals surface area contributed by atoms with E-state index in [2.05, 4.69) is 9.88 Å². The van der Waals surface area contributed by atoms with Crippen LogP contribution in [0.5, 0.6) is 0 Å². The Morgan fingerprint density at radius 1 is 1.33 bits per heavy atom. The second-order valence-electron chi connectivity index (χ2n) is 6.20. The van der Waals surface area contributed by atoms with E-state index in [1.807, 2.05) is 0 Å². The normalized spacial score (nSPS) is 20.7. The third-order valence-electron chi connectivity index (χ3n) is 4.81. The molecule has 1 aliphatic carbocycles.